The highest BCUT2D eigenvalue weighted by Crippen LogP contribution is 2.34. The van der Waals surface area contributed by atoms with Gasteiger partial charge in [-0.05, 0) is 42.7 Å². The molecule has 0 spiro atoms. The second kappa shape index (κ2) is 8.14. The molecule has 9 nitrogen and oxygen atoms in total. The van der Waals surface area contributed by atoms with E-state index in [0.717, 1.165) is 54.6 Å². The Labute approximate surface area is 184 Å². The summed E-state index contributed by atoms with van der Waals surface area (Å²) in [4.78, 5) is 24.5. The molecule has 1 aromatic carbocycles. The van der Waals surface area contributed by atoms with E-state index in [1.165, 1.54) is 7.11 Å². The molecule has 0 radical (unpaired) electrons. The first-order valence-electron chi connectivity index (χ1n) is 10.2. The van der Waals surface area contributed by atoms with Gasteiger partial charge in [0.1, 0.15) is 18.0 Å². The van der Waals surface area contributed by atoms with Crippen LogP contribution in [0.3, 0.4) is 0 Å². The van der Waals surface area contributed by atoms with Crippen LogP contribution in [0.1, 0.15) is 36.0 Å². The summed E-state index contributed by atoms with van der Waals surface area (Å²) in [5, 5.41) is 9.64. The number of halogens is 1. The van der Waals surface area contributed by atoms with Crippen LogP contribution < -0.4 is 4.90 Å². The molecule has 0 aliphatic carbocycles. The van der Waals surface area contributed by atoms with Gasteiger partial charge in [-0.25, -0.2) is 14.8 Å². The third-order valence-corrected chi connectivity index (χ3v) is 6.15. The van der Waals surface area contributed by atoms with E-state index in [1.54, 1.807) is 17.4 Å². The Morgan fingerprint density at radius 3 is 2.74 bits per heavy atom. The number of amides is 1. The lowest BCUT2D eigenvalue weighted by atomic mass is 9.95. The molecule has 0 bridgehead atoms. The number of nitrogens with zero attached hydrogens (tertiary/aromatic N) is 7. The van der Waals surface area contributed by atoms with Crippen LogP contribution in [0.4, 0.5) is 10.6 Å². The molecule has 1 fully saturated rings. The first-order valence-corrected chi connectivity index (χ1v) is 10.6. The van der Waals surface area contributed by atoms with E-state index in [2.05, 4.69) is 29.6 Å². The Morgan fingerprint density at radius 2 is 2.00 bits per heavy atom. The summed E-state index contributed by atoms with van der Waals surface area (Å²) >= 11 is 6.26. The second-order valence-electron chi connectivity index (χ2n) is 7.74. The van der Waals surface area contributed by atoms with Crippen LogP contribution in [0.25, 0.3) is 5.69 Å². The number of piperidine rings is 1. The van der Waals surface area contributed by atoms with E-state index in [0.29, 0.717) is 18.1 Å². The molecule has 2 aliphatic rings. The number of aromatic nitrogens is 5. The SMILES string of the molecule is COC(=O)N1Cc2cc(Cl)ccc2-n2c(nnc2C2CCN(c3ccncn3)CC2)C1. The summed E-state index contributed by atoms with van der Waals surface area (Å²) in [6, 6.07) is 7.67. The molecule has 1 saturated heterocycles. The monoisotopic (exact) mass is 439 g/mol. The number of hydrogen-bond acceptors (Lipinski definition) is 7. The van der Waals surface area contributed by atoms with Crippen LogP contribution in [0.2, 0.25) is 5.02 Å². The lowest BCUT2D eigenvalue weighted by Gasteiger charge is -2.32. The van der Waals surface area contributed by atoms with E-state index in [1.807, 2.05) is 24.3 Å². The van der Waals surface area contributed by atoms with Crippen molar-refractivity contribution in [2.24, 2.45) is 0 Å². The minimum absolute atomic E-state index is 0.257. The van der Waals surface area contributed by atoms with Crippen molar-refractivity contribution < 1.29 is 9.53 Å². The first kappa shape index (κ1) is 19.7. The van der Waals surface area contributed by atoms with Gasteiger partial charge in [0.2, 0.25) is 0 Å². The van der Waals surface area contributed by atoms with Crippen LogP contribution in [-0.4, -0.2) is 55.9 Å². The predicted molar refractivity (Wildman–Crippen MR) is 114 cm³/mol. The van der Waals surface area contributed by atoms with Crippen molar-refractivity contribution in [1.29, 1.82) is 0 Å². The summed E-state index contributed by atoms with van der Waals surface area (Å²) in [7, 11) is 1.38. The number of carbonyl (C=O) groups is 1. The lowest BCUT2D eigenvalue weighted by molar-refractivity contribution is 0.117. The van der Waals surface area contributed by atoms with Gasteiger partial charge >= 0.3 is 6.09 Å². The molecule has 5 rings (SSSR count). The topological polar surface area (TPSA) is 89.3 Å². The van der Waals surface area contributed by atoms with Crippen molar-refractivity contribution in [2.75, 3.05) is 25.1 Å². The maximum atomic E-state index is 12.3. The minimum atomic E-state index is -0.401. The van der Waals surface area contributed by atoms with Gasteiger partial charge in [-0.3, -0.25) is 9.47 Å². The zero-order chi connectivity index (χ0) is 21.4. The number of methoxy groups -OCH3 is 1. The van der Waals surface area contributed by atoms with Gasteiger partial charge in [0.25, 0.3) is 0 Å². The zero-order valence-electron chi connectivity index (χ0n) is 17.1. The zero-order valence-corrected chi connectivity index (χ0v) is 17.9. The fourth-order valence-corrected chi connectivity index (χ4v) is 4.58. The molecule has 0 atom stereocenters. The number of hydrogen-bond donors (Lipinski definition) is 0. The Balaban J connectivity index is 1.47. The molecule has 0 saturated carbocycles. The van der Waals surface area contributed by atoms with Crippen molar-refractivity contribution in [3.63, 3.8) is 0 Å². The third kappa shape index (κ3) is 3.69. The van der Waals surface area contributed by atoms with Gasteiger partial charge in [0, 0.05) is 30.2 Å². The maximum absolute atomic E-state index is 12.3. The van der Waals surface area contributed by atoms with Crippen LogP contribution in [0.15, 0.2) is 36.8 Å². The Bertz CT molecular complexity index is 1100. The summed E-state index contributed by atoms with van der Waals surface area (Å²) in [6.45, 7) is 2.49. The number of anilines is 1. The normalized spacial score (nSPS) is 16.5. The molecule has 4 heterocycles. The van der Waals surface area contributed by atoms with E-state index in [9.17, 15) is 4.79 Å². The van der Waals surface area contributed by atoms with Crippen LogP contribution >= 0.6 is 11.6 Å². The number of ether oxygens (including phenoxy) is 1. The highest BCUT2D eigenvalue weighted by Gasteiger charge is 2.31. The average Bonchev–Trinajstić information content (AvgIpc) is 3.15. The Morgan fingerprint density at radius 1 is 1.16 bits per heavy atom. The quantitative estimate of drug-likeness (QED) is 0.605. The number of benzene rings is 1. The molecule has 1 amide bonds. The van der Waals surface area contributed by atoms with Gasteiger partial charge in [0.05, 0.1) is 25.9 Å². The van der Waals surface area contributed by atoms with Crippen molar-refractivity contribution >= 4 is 23.5 Å². The summed E-state index contributed by atoms with van der Waals surface area (Å²) < 4.78 is 7.06. The van der Waals surface area contributed by atoms with Crippen LogP contribution in [0.5, 0.6) is 0 Å². The van der Waals surface area contributed by atoms with Crippen LogP contribution in [0, 0.1) is 0 Å². The molecular weight excluding hydrogens is 418 g/mol. The molecular formula is C21H22ClN7O2. The van der Waals surface area contributed by atoms with Gasteiger partial charge in [0.15, 0.2) is 5.82 Å². The first-order chi connectivity index (χ1) is 15.1. The highest BCUT2D eigenvalue weighted by atomic mass is 35.5. The number of fused-ring (bicyclic) bond motifs is 3. The van der Waals surface area contributed by atoms with Crippen molar-refractivity contribution in [3.8, 4) is 5.69 Å². The Kier molecular flexibility index (Phi) is 5.19. The maximum Gasteiger partial charge on any atom is 0.410 e. The number of carbonyl (C=O) groups excluding carboxylic acids is 1. The van der Waals surface area contributed by atoms with Gasteiger partial charge in [-0.15, -0.1) is 10.2 Å². The predicted octanol–water partition coefficient (Wildman–Crippen LogP) is 3.18. The largest absolute Gasteiger partial charge is 0.453 e. The summed E-state index contributed by atoms with van der Waals surface area (Å²) in [5.41, 5.74) is 1.90. The van der Waals surface area contributed by atoms with Crippen molar-refractivity contribution in [3.05, 3.63) is 59.0 Å². The molecule has 3 aromatic rings. The molecule has 160 valence electrons. The smallest absolute Gasteiger partial charge is 0.410 e. The average molecular weight is 440 g/mol. The van der Waals surface area contributed by atoms with Gasteiger partial charge in [-0.1, -0.05) is 11.6 Å². The molecule has 2 aromatic heterocycles. The van der Waals surface area contributed by atoms with E-state index in [4.69, 9.17) is 16.3 Å². The van der Waals surface area contributed by atoms with Gasteiger partial charge in [-0.2, -0.15) is 0 Å². The molecule has 2 aliphatic heterocycles. The molecule has 0 N–H and O–H groups in total. The second-order valence-corrected chi connectivity index (χ2v) is 8.17. The van der Waals surface area contributed by atoms with E-state index in [-0.39, 0.29) is 5.92 Å². The highest BCUT2D eigenvalue weighted by molar-refractivity contribution is 6.30. The standard InChI is InChI=1S/C21H22ClN7O2/c1-31-21(30)28-11-15-10-16(22)2-3-17(15)29-19(12-28)25-26-20(29)14-5-8-27(9-6-14)18-4-7-23-13-24-18/h2-4,7,10,13-14H,5-6,8-9,11-12H2,1H3. The van der Waals surface area contributed by atoms with Crippen molar-refractivity contribution in [2.45, 2.75) is 31.8 Å². The van der Waals surface area contributed by atoms with Crippen molar-refractivity contribution in [1.82, 2.24) is 29.6 Å². The molecule has 0 unspecified atom stereocenters. The minimum Gasteiger partial charge on any atom is -0.453 e. The van der Waals surface area contributed by atoms with E-state index >= 15 is 0 Å². The third-order valence-electron chi connectivity index (χ3n) is 5.91. The fourth-order valence-electron chi connectivity index (χ4n) is 4.39. The lowest BCUT2D eigenvalue weighted by Crippen LogP contribution is -2.34. The van der Waals surface area contributed by atoms with Gasteiger partial charge < -0.3 is 9.64 Å². The number of rotatable bonds is 2. The molecule has 10 heteroatoms. The van der Waals surface area contributed by atoms with E-state index < -0.39 is 6.09 Å². The molecule has 31 heavy (non-hydrogen) atoms. The van der Waals surface area contributed by atoms with Crippen LogP contribution in [-0.2, 0) is 17.8 Å². The Hall–Kier alpha value is -3.20. The fraction of sp³-hybridized carbons (Fsp3) is 0.381. The summed E-state index contributed by atoms with van der Waals surface area (Å²) in [6.07, 6.45) is 4.82. The summed E-state index contributed by atoms with van der Waals surface area (Å²) in [5.74, 6) is 2.85.